The first-order valence-corrected chi connectivity index (χ1v) is 8.65. The van der Waals surface area contributed by atoms with Crippen molar-refractivity contribution in [1.29, 1.82) is 0 Å². The first kappa shape index (κ1) is 16.4. The smallest absolute Gasteiger partial charge is 0.330 e. The van der Waals surface area contributed by atoms with Crippen LogP contribution in [0.5, 0.6) is 0 Å². The van der Waals surface area contributed by atoms with E-state index in [0.717, 1.165) is 24.0 Å². The molecule has 24 heavy (non-hydrogen) atoms. The summed E-state index contributed by atoms with van der Waals surface area (Å²) in [4.78, 5) is 39.4. The average Bonchev–Trinajstić information content (AvgIpc) is 3.25. The van der Waals surface area contributed by atoms with Crippen molar-refractivity contribution in [2.75, 3.05) is 6.54 Å². The number of thiophene rings is 1. The van der Waals surface area contributed by atoms with Gasteiger partial charge < -0.3 is 9.47 Å². The number of aryl methyl sites for hydroxylation is 1. The number of aromatic nitrogens is 2. The van der Waals surface area contributed by atoms with Gasteiger partial charge in [0.25, 0.3) is 5.56 Å². The lowest BCUT2D eigenvalue weighted by molar-refractivity contribution is -0.126. The van der Waals surface area contributed by atoms with E-state index in [9.17, 15) is 14.4 Å². The number of hydrogen-bond acceptors (Lipinski definition) is 4. The van der Waals surface area contributed by atoms with E-state index in [2.05, 4.69) is 0 Å². The second-order valence-electron chi connectivity index (χ2n) is 5.88. The molecule has 7 heteroatoms. The van der Waals surface area contributed by atoms with Gasteiger partial charge in [-0.2, -0.15) is 0 Å². The zero-order valence-corrected chi connectivity index (χ0v) is 14.5. The largest absolute Gasteiger partial charge is 0.331 e. The zero-order chi connectivity index (χ0) is 17.3. The molecule has 0 bridgehead atoms. The summed E-state index contributed by atoms with van der Waals surface area (Å²) in [5.74, 6) is -0.109. The molecule has 2 aromatic heterocycles. The van der Waals surface area contributed by atoms with Crippen LogP contribution in [0.15, 0.2) is 39.4 Å². The van der Waals surface area contributed by atoms with Gasteiger partial charge in [-0.05, 0) is 30.4 Å². The SMILES string of the molecule is Cn1cc(/C=C/C(=O)N2CCCC2c2cccs2)c(=O)n(C)c1=O. The molecule has 1 unspecified atom stereocenters. The van der Waals surface area contributed by atoms with Crippen LogP contribution in [-0.4, -0.2) is 26.5 Å². The number of likely N-dealkylation sites (tertiary alicyclic amines) is 1. The second kappa shape index (κ2) is 6.60. The van der Waals surface area contributed by atoms with Crippen molar-refractivity contribution in [2.24, 2.45) is 14.1 Å². The molecule has 0 radical (unpaired) electrons. The van der Waals surface area contributed by atoms with Gasteiger partial charge in [-0.25, -0.2) is 4.79 Å². The minimum atomic E-state index is -0.404. The number of rotatable bonds is 3. The van der Waals surface area contributed by atoms with Crippen LogP contribution in [0.25, 0.3) is 6.08 Å². The summed E-state index contributed by atoms with van der Waals surface area (Å²) >= 11 is 1.65. The summed E-state index contributed by atoms with van der Waals surface area (Å²) < 4.78 is 2.37. The Hall–Kier alpha value is -2.41. The van der Waals surface area contributed by atoms with E-state index < -0.39 is 5.56 Å². The number of carbonyl (C=O) groups excluding carboxylic acids is 1. The Balaban J connectivity index is 1.84. The molecule has 3 heterocycles. The molecule has 6 nitrogen and oxygen atoms in total. The molecule has 1 atom stereocenters. The fraction of sp³-hybridized carbons (Fsp3) is 0.353. The molecule has 2 aromatic rings. The van der Waals surface area contributed by atoms with Gasteiger partial charge in [0.05, 0.1) is 11.6 Å². The highest BCUT2D eigenvalue weighted by atomic mass is 32.1. The molecule has 0 aromatic carbocycles. The molecule has 1 amide bonds. The van der Waals surface area contributed by atoms with Crippen molar-refractivity contribution >= 4 is 23.3 Å². The Bertz CT molecular complexity index is 893. The quantitative estimate of drug-likeness (QED) is 0.793. The van der Waals surface area contributed by atoms with Gasteiger partial charge in [0.2, 0.25) is 5.91 Å². The molecule has 1 saturated heterocycles. The molecular formula is C17H19N3O3S. The van der Waals surface area contributed by atoms with Crippen LogP contribution in [0.1, 0.15) is 29.3 Å². The zero-order valence-electron chi connectivity index (χ0n) is 13.6. The third kappa shape index (κ3) is 2.99. The highest BCUT2D eigenvalue weighted by molar-refractivity contribution is 7.10. The molecule has 0 saturated carbocycles. The molecule has 0 aliphatic carbocycles. The van der Waals surface area contributed by atoms with Crippen molar-refractivity contribution in [2.45, 2.75) is 18.9 Å². The maximum atomic E-state index is 12.5. The van der Waals surface area contributed by atoms with Crippen molar-refractivity contribution in [3.8, 4) is 0 Å². The van der Waals surface area contributed by atoms with Crippen LogP contribution < -0.4 is 11.2 Å². The van der Waals surface area contributed by atoms with Gasteiger partial charge in [0.15, 0.2) is 0 Å². The first-order valence-electron chi connectivity index (χ1n) is 7.78. The van der Waals surface area contributed by atoms with Crippen LogP contribution in [-0.2, 0) is 18.9 Å². The number of hydrogen-bond donors (Lipinski definition) is 0. The van der Waals surface area contributed by atoms with Crippen molar-refractivity contribution in [1.82, 2.24) is 14.0 Å². The van der Waals surface area contributed by atoms with E-state index in [1.165, 1.54) is 34.8 Å². The second-order valence-corrected chi connectivity index (χ2v) is 6.86. The van der Waals surface area contributed by atoms with Crippen LogP contribution in [0.4, 0.5) is 0 Å². The topological polar surface area (TPSA) is 64.3 Å². The maximum absolute atomic E-state index is 12.5. The van der Waals surface area contributed by atoms with E-state index in [1.807, 2.05) is 22.4 Å². The third-order valence-corrected chi connectivity index (χ3v) is 5.26. The molecule has 1 aliphatic rings. The minimum Gasteiger partial charge on any atom is -0.331 e. The Kier molecular flexibility index (Phi) is 4.53. The van der Waals surface area contributed by atoms with Crippen molar-refractivity contribution < 1.29 is 4.79 Å². The standard InChI is InChI=1S/C17H19N3O3S/c1-18-11-12(16(22)19(2)17(18)23)7-8-15(21)20-9-3-5-13(20)14-6-4-10-24-14/h4,6-8,10-11,13H,3,5,9H2,1-2H3/b8-7+. The summed E-state index contributed by atoms with van der Waals surface area (Å²) in [6, 6.07) is 4.16. The van der Waals surface area contributed by atoms with E-state index in [1.54, 1.807) is 18.4 Å². The molecule has 3 rings (SSSR count). The lowest BCUT2D eigenvalue weighted by Crippen LogP contribution is -2.37. The van der Waals surface area contributed by atoms with Gasteiger partial charge in [0, 0.05) is 37.8 Å². The first-order chi connectivity index (χ1) is 11.5. The summed E-state index contributed by atoms with van der Waals surface area (Å²) in [5.41, 5.74) is -0.473. The predicted molar refractivity (Wildman–Crippen MR) is 94.0 cm³/mol. The highest BCUT2D eigenvalue weighted by Crippen LogP contribution is 2.34. The molecule has 1 fully saturated rings. The molecule has 126 valence electrons. The van der Waals surface area contributed by atoms with Gasteiger partial charge in [0.1, 0.15) is 0 Å². The van der Waals surface area contributed by atoms with Gasteiger partial charge in [-0.3, -0.25) is 14.2 Å². The van der Waals surface area contributed by atoms with Gasteiger partial charge in [-0.15, -0.1) is 11.3 Å². The highest BCUT2D eigenvalue weighted by Gasteiger charge is 2.29. The number of carbonyl (C=O) groups is 1. The minimum absolute atomic E-state index is 0.109. The van der Waals surface area contributed by atoms with Crippen molar-refractivity contribution in [3.63, 3.8) is 0 Å². The fourth-order valence-electron chi connectivity index (χ4n) is 3.01. The third-order valence-electron chi connectivity index (χ3n) is 4.29. The van der Waals surface area contributed by atoms with Gasteiger partial charge in [-0.1, -0.05) is 6.07 Å². The van der Waals surface area contributed by atoms with Crippen LogP contribution >= 0.6 is 11.3 Å². The summed E-state index contributed by atoms with van der Waals surface area (Å²) in [6.07, 6.45) is 6.31. The Labute approximate surface area is 143 Å². The Morgan fingerprint density at radius 3 is 2.83 bits per heavy atom. The fourth-order valence-corrected chi connectivity index (χ4v) is 3.89. The van der Waals surface area contributed by atoms with E-state index >= 15 is 0 Å². The lowest BCUT2D eigenvalue weighted by Gasteiger charge is -2.22. The van der Waals surface area contributed by atoms with Gasteiger partial charge >= 0.3 is 5.69 Å². The number of amides is 1. The van der Waals surface area contributed by atoms with E-state index in [0.29, 0.717) is 5.56 Å². The summed E-state index contributed by atoms with van der Waals surface area (Å²) in [7, 11) is 3.01. The van der Waals surface area contributed by atoms with E-state index in [-0.39, 0.29) is 17.6 Å². The van der Waals surface area contributed by atoms with Crippen LogP contribution in [0, 0.1) is 0 Å². The maximum Gasteiger partial charge on any atom is 0.330 e. The predicted octanol–water partition coefficient (Wildman–Crippen LogP) is 1.52. The molecule has 1 aliphatic heterocycles. The summed E-state index contributed by atoms with van der Waals surface area (Å²) in [6.45, 7) is 0.719. The molecule has 0 spiro atoms. The van der Waals surface area contributed by atoms with Crippen molar-refractivity contribution in [3.05, 3.63) is 61.1 Å². The number of nitrogens with zero attached hydrogens (tertiary/aromatic N) is 3. The van der Waals surface area contributed by atoms with Crippen LogP contribution in [0.3, 0.4) is 0 Å². The normalized spacial score (nSPS) is 17.8. The Morgan fingerprint density at radius 2 is 2.12 bits per heavy atom. The Morgan fingerprint density at radius 1 is 1.33 bits per heavy atom. The summed E-state index contributed by atoms with van der Waals surface area (Å²) in [5, 5.41) is 2.01. The molecule has 0 N–H and O–H groups in total. The molecular weight excluding hydrogens is 326 g/mol. The van der Waals surface area contributed by atoms with E-state index in [4.69, 9.17) is 0 Å². The lowest BCUT2D eigenvalue weighted by atomic mass is 10.2. The monoisotopic (exact) mass is 345 g/mol. The average molecular weight is 345 g/mol. The van der Waals surface area contributed by atoms with Crippen LogP contribution in [0.2, 0.25) is 0 Å².